The van der Waals surface area contributed by atoms with Gasteiger partial charge in [0.1, 0.15) is 0 Å². The number of carbonyl (C=O) groups is 1. The molecule has 2 aromatic rings. The molecule has 0 bridgehead atoms. The minimum Gasteiger partial charge on any atom is -0.379 e. The molecule has 1 atom stereocenters. The van der Waals surface area contributed by atoms with Gasteiger partial charge in [-0.15, -0.1) is 12.4 Å². The molecule has 0 spiro atoms. The monoisotopic (exact) mass is 378 g/mol. The van der Waals surface area contributed by atoms with Crippen LogP contribution in [0.3, 0.4) is 0 Å². The molecule has 0 radical (unpaired) electrons. The topological polar surface area (TPSA) is 69.4 Å². The van der Waals surface area contributed by atoms with Gasteiger partial charge >= 0.3 is 0 Å². The Bertz CT molecular complexity index is 742. The molecule has 1 unspecified atom stereocenters. The summed E-state index contributed by atoms with van der Waals surface area (Å²) in [5.41, 5.74) is 3.70. The van der Waals surface area contributed by atoms with Gasteiger partial charge in [0.2, 0.25) is 5.91 Å². The molecular weight excluding hydrogens is 352 g/mol. The predicted octanol–water partition coefficient (Wildman–Crippen LogP) is 1.61. The predicted molar refractivity (Wildman–Crippen MR) is 105 cm³/mol. The number of amides is 1. The standard InChI is InChI=1S/C19H26N4O2.ClH/c24-18(21-7-8-23-9-11-25-12-10-23)13-17-19-15(5-6-20-17)14-3-1-2-4-16(14)22-19;/h1-4,17,20,22H,5-13H2,(H,21,24);1H. The van der Waals surface area contributed by atoms with Gasteiger partial charge in [0.15, 0.2) is 0 Å². The molecule has 1 fully saturated rings. The third kappa shape index (κ3) is 4.20. The second-order valence-electron chi connectivity index (χ2n) is 6.83. The van der Waals surface area contributed by atoms with Crippen LogP contribution in [-0.4, -0.2) is 61.7 Å². The molecule has 3 heterocycles. The largest absolute Gasteiger partial charge is 0.379 e. The van der Waals surface area contributed by atoms with Crippen LogP contribution in [0.25, 0.3) is 10.9 Å². The van der Waals surface area contributed by atoms with Crippen LogP contribution in [0.15, 0.2) is 24.3 Å². The second-order valence-corrected chi connectivity index (χ2v) is 6.83. The molecule has 6 nitrogen and oxygen atoms in total. The van der Waals surface area contributed by atoms with Crippen molar-refractivity contribution in [1.82, 2.24) is 20.5 Å². The van der Waals surface area contributed by atoms with Gasteiger partial charge in [-0.3, -0.25) is 9.69 Å². The summed E-state index contributed by atoms with van der Waals surface area (Å²) in [4.78, 5) is 18.2. The zero-order valence-corrected chi connectivity index (χ0v) is 15.7. The van der Waals surface area contributed by atoms with E-state index in [0.29, 0.717) is 13.0 Å². The van der Waals surface area contributed by atoms with Gasteiger partial charge in [-0.05, 0) is 24.6 Å². The SMILES string of the molecule is Cl.O=C(CC1NCCc2c1[nH]c1ccccc21)NCCN1CCOCC1. The number of hydrogen-bond acceptors (Lipinski definition) is 4. The van der Waals surface area contributed by atoms with E-state index in [1.807, 2.05) is 6.07 Å². The number of aromatic amines is 1. The normalized spacial score (nSPS) is 20.4. The highest BCUT2D eigenvalue weighted by molar-refractivity contribution is 5.86. The molecule has 1 aromatic carbocycles. The Balaban J connectivity index is 0.00000196. The van der Waals surface area contributed by atoms with Gasteiger partial charge in [-0.2, -0.15) is 0 Å². The van der Waals surface area contributed by atoms with Crippen LogP contribution in [-0.2, 0) is 16.0 Å². The Morgan fingerprint density at radius 2 is 2.08 bits per heavy atom. The third-order valence-electron chi connectivity index (χ3n) is 5.20. The second kappa shape index (κ2) is 8.86. The fourth-order valence-corrected chi connectivity index (χ4v) is 3.87. The van der Waals surface area contributed by atoms with Crippen molar-refractivity contribution in [2.75, 3.05) is 45.9 Å². The Labute approximate surface area is 160 Å². The van der Waals surface area contributed by atoms with Gasteiger partial charge in [0.05, 0.1) is 19.3 Å². The maximum atomic E-state index is 12.4. The number of nitrogens with one attached hydrogen (secondary N) is 3. The molecule has 2 aliphatic heterocycles. The van der Waals surface area contributed by atoms with Crippen LogP contribution in [0.5, 0.6) is 0 Å². The summed E-state index contributed by atoms with van der Waals surface area (Å²) >= 11 is 0. The summed E-state index contributed by atoms with van der Waals surface area (Å²) in [6.45, 7) is 6.01. The molecule has 3 N–H and O–H groups in total. The number of rotatable bonds is 5. The van der Waals surface area contributed by atoms with E-state index >= 15 is 0 Å². The maximum Gasteiger partial charge on any atom is 0.222 e. The lowest BCUT2D eigenvalue weighted by molar-refractivity contribution is -0.121. The van der Waals surface area contributed by atoms with E-state index in [1.54, 1.807) is 0 Å². The van der Waals surface area contributed by atoms with E-state index in [-0.39, 0.29) is 24.4 Å². The maximum absolute atomic E-state index is 12.4. The minimum absolute atomic E-state index is 0. The van der Waals surface area contributed by atoms with E-state index in [9.17, 15) is 4.79 Å². The van der Waals surface area contributed by atoms with Crippen LogP contribution in [0.4, 0.5) is 0 Å². The van der Waals surface area contributed by atoms with Gasteiger partial charge in [-0.25, -0.2) is 0 Å². The van der Waals surface area contributed by atoms with Crippen molar-refractivity contribution >= 4 is 29.2 Å². The third-order valence-corrected chi connectivity index (χ3v) is 5.20. The first-order valence-electron chi connectivity index (χ1n) is 9.21. The van der Waals surface area contributed by atoms with E-state index in [2.05, 4.69) is 38.7 Å². The molecule has 0 saturated carbocycles. The van der Waals surface area contributed by atoms with Crippen LogP contribution in [0, 0.1) is 0 Å². The molecule has 0 aliphatic carbocycles. The number of hydrogen-bond donors (Lipinski definition) is 3. The highest BCUT2D eigenvalue weighted by Crippen LogP contribution is 2.31. The Kier molecular flexibility index (Phi) is 6.53. The first-order valence-corrected chi connectivity index (χ1v) is 9.21. The van der Waals surface area contributed by atoms with Crippen LogP contribution in [0.2, 0.25) is 0 Å². The number of ether oxygens (including phenoxy) is 1. The number of fused-ring (bicyclic) bond motifs is 3. The lowest BCUT2D eigenvalue weighted by Crippen LogP contribution is -2.42. The first kappa shape index (κ1) is 19.2. The summed E-state index contributed by atoms with van der Waals surface area (Å²) in [5, 5.41) is 7.84. The van der Waals surface area contributed by atoms with Gasteiger partial charge in [0.25, 0.3) is 0 Å². The van der Waals surface area contributed by atoms with Crippen molar-refractivity contribution in [1.29, 1.82) is 0 Å². The average molecular weight is 379 g/mol. The van der Waals surface area contributed by atoms with Gasteiger partial charge < -0.3 is 20.4 Å². The fourth-order valence-electron chi connectivity index (χ4n) is 3.87. The minimum atomic E-state index is 0. The van der Waals surface area contributed by atoms with E-state index in [1.165, 1.54) is 16.6 Å². The van der Waals surface area contributed by atoms with Crippen molar-refractivity contribution < 1.29 is 9.53 Å². The molecule has 1 aromatic heterocycles. The van der Waals surface area contributed by atoms with Crippen LogP contribution >= 0.6 is 12.4 Å². The summed E-state index contributed by atoms with van der Waals surface area (Å²) in [6, 6.07) is 8.46. The molecule has 1 amide bonds. The zero-order valence-electron chi connectivity index (χ0n) is 14.9. The number of para-hydroxylation sites is 1. The summed E-state index contributed by atoms with van der Waals surface area (Å²) in [6.07, 6.45) is 1.48. The number of morpholine rings is 1. The van der Waals surface area contributed by atoms with Crippen molar-refractivity contribution in [3.8, 4) is 0 Å². The quantitative estimate of drug-likeness (QED) is 0.739. The molecule has 7 heteroatoms. The van der Waals surface area contributed by atoms with Crippen molar-refractivity contribution in [2.24, 2.45) is 0 Å². The summed E-state index contributed by atoms with van der Waals surface area (Å²) in [7, 11) is 0. The first-order chi connectivity index (χ1) is 12.3. The number of nitrogens with zero attached hydrogens (tertiary/aromatic N) is 1. The molecule has 142 valence electrons. The summed E-state index contributed by atoms with van der Waals surface area (Å²) < 4.78 is 5.35. The zero-order chi connectivity index (χ0) is 17.1. The van der Waals surface area contributed by atoms with Gasteiger partial charge in [-0.1, -0.05) is 18.2 Å². The Morgan fingerprint density at radius 3 is 2.92 bits per heavy atom. The molecular formula is C19H27ClN4O2. The number of H-pyrrole nitrogens is 1. The lowest BCUT2D eigenvalue weighted by Gasteiger charge is -2.27. The van der Waals surface area contributed by atoms with Gasteiger partial charge in [0, 0.05) is 49.2 Å². The lowest BCUT2D eigenvalue weighted by atomic mass is 9.97. The number of benzene rings is 1. The fraction of sp³-hybridized carbons (Fsp3) is 0.526. The van der Waals surface area contributed by atoms with E-state index in [4.69, 9.17) is 4.74 Å². The van der Waals surface area contributed by atoms with E-state index < -0.39 is 0 Å². The Morgan fingerprint density at radius 1 is 1.27 bits per heavy atom. The number of carbonyl (C=O) groups excluding carboxylic acids is 1. The number of halogens is 1. The van der Waals surface area contributed by atoms with Crippen molar-refractivity contribution in [3.05, 3.63) is 35.5 Å². The molecule has 26 heavy (non-hydrogen) atoms. The molecule has 2 aliphatic rings. The highest BCUT2D eigenvalue weighted by atomic mass is 35.5. The average Bonchev–Trinajstić information content (AvgIpc) is 3.03. The van der Waals surface area contributed by atoms with Crippen molar-refractivity contribution in [3.63, 3.8) is 0 Å². The van der Waals surface area contributed by atoms with Crippen LogP contribution in [0.1, 0.15) is 23.7 Å². The number of aromatic nitrogens is 1. The Hall–Kier alpha value is -1.60. The van der Waals surface area contributed by atoms with Crippen molar-refractivity contribution in [2.45, 2.75) is 18.9 Å². The molecule has 4 rings (SSSR count). The smallest absolute Gasteiger partial charge is 0.222 e. The van der Waals surface area contributed by atoms with E-state index in [0.717, 1.165) is 51.3 Å². The highest BCUT2D eigenvalue weighted by Gasteiger charge is 2.25. The molecule has 1 saturated heterocycles. The summed E-state index contributed by atoms with van der Waals surface area (Å²) in [5.74, 6) is 0.109. The van der Waals surface area contributed by atoms with Crippen LogP contribution < -0.4 is 10.6 Å².